The summed E-state index contributed by atoms with van der Waals surface area (Å²) < 4.78 is 19.7. The van der Waals surface area contributed by atoms with Gasteiger partial charge in [0.25, 0.3) is 5.91 Å². The van der Waals surface area contributed by atoms with Crippen LogP contribution in [0.5, 0.6) is 0 Å². The molecule has 0 aliphatic heterocycles. The van der Waals surface area contributed by atoms with E-state index in [0.29, 0.717) is 6.61 Å². The fourth-order valence-electron chi connectivity index (χ4n) is 1.88. The fraction of sp³-hybridized carbons (Fsp3) is 0.833. The molecule has 0 rings (SSSR count). The van der Waals surface area contributed by atoms with Gasteiger partial charge in [0, 0.05) is 0 Å². The zero-order valence-corrected chi connectivity index (χ0v) is 16.4. The van der Waals surface area contributed by atoms with Gasteiger partial charge in [-0.1, -0.05) is 39.5 Å². The van der Waals surface area contributed by atoms with Crippen LogP contribution in [0.3, 0.4) is 0 Å². The monoisotopic (exact) mass is 375 g/mol. The molecule has 26 heavy (non-hydrogen) atoms. The van der Waals surface area contributed by atoms with Crippen molar-refractivity contribution in [2.75, 3.05) is 19.8 Å². The van der Waals surface area contributed by atoms with Crippen molar-refractivity contribution in [2.45, 2.75) is 78.4 Å². The van der Waals surface area contributed by atoms with E-state index in [9.17, 15) is 14.4 Å². The van der Waals surface area contributed by atoms with E-state index >= 15 is 0 Å². The summed E-state index contributed by atoms with van der Waals surface area (Å²) in [5.41, 5.74) is 0. The molecule has 0 saturated heterocycles. The first-order chi connectivity index (χ1) is 12.4. The molecule has 0 aromatic carbocycles. The molecule has 8 heteroatoms. The Hall–Kier alpha value is -1.99. The Bertz CT molecular complexity index is 414. The first kappa shape index (κ1) is 24.0. The lowest BCUT2D eigenvalue weighted by Crippen LogP contribution is -2.40. The molecule has 0 aliphatic carbocycles. The number of nitrogens with one attached hydrogen (secondary N) is 1. The Morgan fingerprint density at radius 2 is 1.31 bits per heavy atom. The molecule has 0 unspecified atom stereocenters. The lowest BCUT2D eigenvalue weighted by Gasteiger charge is -2.16. The maximum atomic E-state index is 11.9. The van der Waals surface area contributed by atoms with Crippen LogP contribution >= 0.6 is 0 Å². The molecule has 8 nitrogen and oxygen atoms in total. The second kappa shape index (κ2) is 15.3. The molecule has 0 aromatic rings. The van der Waals surface area contributed by atoms with Gasteiger partial charge in [0.1, 0.15) is 6.10 Å². The Balaban J connectivity index is 3.89. The normalized spacial score (nSPS) is 12.6. The average Bonchev–Trinajstić information content (AvgIpc) is 2.60. The van der Waals surface area contributed by atoms with E-state index in [1.54, 1.807) is 6.92 Å². The van der Waals surface area contributed by atoms with Crippen molar-refractivity contribution in [3.05, 3.63) is 0 Å². The summed E-state index contributed by atoms with van der Waals surface area (Å²) in [6.45, 7) is 7.84. The zero-order valence-electron chi connectivity index (χ0n) is 16.4. The van der Waals surface area contributed by atoms with Crippen molar-refractivity contribution in [1.29, 1.82) is 0 Å². The lowest BCUT2D eigenvalue weighted by molar-refractivity contribution is -0.130. The highest BCUT2D eigenvalue weighted by atomic mass is 16.7. The lowest BCUT2D eigenvalue weighted by atomic mass is 10.3. The van der Waals surface area contributed by atoms with Crippen LogP contribution in [0.25, 0.3) is 0 Å². The molecular weight excluding hydrogens is 342 g/mol. The molecule has 0 fully saturated rings. The minimum absolute atomic E-state index is 0.0855. The molecule has 0 aromatic heterocycles. The van der Waals surface area contributed by atoms with Gasteiger partial charge in [0.15, 0.2) is 6.10 Å². The molecule has 152 valence electrons. The minimum Gasteiger partial charge on any atom is -0.434 e. The Labute approximate surface area is 155 Å². The topological polar surface area (TPSA) is 100 Å². The summed E-state index contributed by atoms with van der Waals surface area (Å²) in [6.07, 6.45) is 2.35. The number of carbonyl (C=O) groups excluding carboxylic acids is 3. The number of hydrogen-bond acceptors (Lipinski definition) is 7. The maximum absolute atomic E-state index is 11.9. The first-order valence-electron chi connectivity index (χ1n) is 9.35. The van der Waals surface area contributed by atoms with Crippen LogP contribution in [-0.4, -0.2) is 50.2 Å². The molecular formula is C18H33NO7. The fourth-order valence-corrected chi connectivity index (χ4v) is 1.88. The van der Waals surface area contributed by atoms with E-state index in [-0.39, 0.29) is 13.2 Å². The molecule has 1 amide bonds. The largest absolute Gasteiger partial charge is 0.509 e. The van der Waals surface area contributed by atoms with E-state index in [4.69, 9.17) is 18.9 Å². The summed E-state index contributed by atoms with van der Waals surface area (Å²) in [4.78, 5) is 34.8. The van der Waals surface area contributed by atoms with E-state index in [1.807, 2.05) is 6.92 Å². The van der Waals surface area contributed by atoms with Crippen molar-refractivity contribution in [1.82, 2.24) is 5.32 Å². The summed E-state index contributed by atoms with van der Waals surface area (Å²) in [5.74, 6) is -0.498. The highest BCUT2D eigenvalue weighted by Crippen LogP contribution is 2.01. The van der Waals surface area contributed by atoms with E-state index in [2.05, 4.69) is 12.2 Å². The van der Waals surface area contributed by atoms with Crippen molar-refractivity contribution < 1.29 is 33.3 Å². The first-order valence-corrected chi connectivity index (χ1v) is 9.35. The van der Waals surface area contributed by atoms with Gasteiger partial charge >= 0.3 is 12.3 Å². The third-order valence-electron chi connectivity index (χ3n) is 3.44. The molecule has 0 radical (unpaired) electrons. The number of ether oxygens (including phenoxy) is 4. The van der Waals surface area contributed by atoms with Gasteiger partial charge in [-0.2, -0.15) is 0 Å². The van der Waals surface area contributed by atoms with Gasteiger partial charge in [-0.25, -0.2) is 9.59 Å². The van der Waals surface area contributed by atoms with Gasteiger partial charge in [0.05, 0.1) is 19.8 Å². The van der Waals surface area contributed by atoms with Crippen LogP contribution in [-0.2, 0) is 23.7 Å². The molecule has 1 N–H and O–H groups in total. The summed E-state index contributed by atoms with van der Waals surface area (Å²) >= 11 is 0. The van der Waals surface area contributed by atoms with Gasteiger partial charge in [-0.05, 0) is 26.7 Å². The zero-order chi connectivity index (χ0) is 19.8. The molecule has 0 bridgehead atoms. The highest BCUT2D eigenvalue weighted by Gasteiger charge is 2.20. The van der Waals surface area contributed by atoms with Crippen molar-refractivity contribution in [3.8, 4) is 0 Å². The second-order valence-corrected chi connectivity index (χ2v) is 6.04. The van der Waals surface area contributed by atoms with Gasteiger partial charge in [-0.3, -0.25) is 4.79 Å². The third-order valence-corrected chi connectivity index (χ3v) is 3.44. The van der Waals surface area contributed by atoms with Crippen molar-refractivity contribution in [2.24, 2.45) is 0 Å². The number of carbonyl (C=O) groups is 3. The number of rotatable bonds is 13. The highest BCUT2D eigenvalue weighted by molar-refractivity contribution is 5.82. The van der Waals surface area contributed by atoms with E-state index in [1.165, 1.54) is 6.92 Å². The Morgan fingerprint density at radius 1 is 0.808 bits per heavy atom. The van der Waals surface area contributed by atoms with Crippen molar-refractivity contribution in [3.63, 3.8) is 0 Å². The van der Waals surface area contributed by atoms with Crippen molar-refractivity contribution >= 4 is 18.2 Å². The predicted octanol–water partition coefficient (Wildman–Crippen LogP) is 3.57. The van der Waals surface area contributed by atoms with Crippen LogP contribution in [0.2, 0.25) is 0 Å². The Morgan fingerprint density at radius 3 is 1.81 bits per heavy atom. The molecule has 0 spiro atoms. The van der Waals surface area contributed by atoms with E-state index in [0.717, 1.165) is 38.5 Å². The smallest absolute Gasteiger partial charge is 0.434 e. The molecule has 0 aliphatic rings. The van der Waals surface area contributed by atoms with E-state index < -0.39 is 30.4 Å². The average molecular weight is 375 g/mol. The molecule has 0 saturated carbocycles. The standard InChI is InChI=1S/C18H33NO7/c1-5-7-9-11-23-17(21)25-14(3)13-19-16(20)15(4)26-18(22)24-12-10-8-6-2/h14-15H,5-13H2,1-4H3,(H,19,20)/t14-,15+/m1/s1. The van der Waals surface area contributed by atoms with Crippen LogP contribution in [0.1, 0.15) is 66.2 Å². The number of hydrogen-bond donors (Lipinski definition) is 1. The quantitative estimate of drug-likeness (QED) is 0.388. The maximum Gasteiger partial charge on any atom is 0.509 e. The van der Waals surface area contributed by atoms with Gasteiger partial charge < -0.3 is 24.3 Å². The molecule has 0 heterocycles. The molecule has 2 atom stereocenters. The van der Waals surface area contributed by atoms with Gasteiger partial charge in [-0.15, -0.1) is 0 Å². The van der Waals surface area contributed by atoms with Crippen LogP contribution < -0.4 is 5.32 Å². The second-order valence-electron chi connectivity index (χ2n) is 6.04. The van der Waals surface area contributed by atoms with Crippen LogP contribution in [0.4, 0.5) is 9.59 Å². The Kier molecular flexibility index (Phi) is 14.1. The summed E-state index contributed by atoms with van der Waals surface area (Å²) in [6, 6.07) is 0. The van der Waals surface area contributed by atoms with Crippen LogP contribution in [0, 0.1) is 0 Å². The summed E-state index contributed by atoms with van der Waals surface area (Å²) in [5, 5.41) is 2.54. The summed E-state index contributed by atoms with van der Waals surface area (Å²) in [7, 11) is 0. The predicted molar refractivity (Wildman–Crippen MR) is 95.8 cm³/mol. The number of amides is 1. The third kappa shape index (κ3) is 13.3. The number of unbranched alkanes of at least 4 members (excludes halogenated alkanes) is 4. The minimum atomic E-state index is -0.998. The SMILES string of the molecule is CCCCCOC(=O)O[C@H](C)CNC(=O)[C@H](C)OC(=O)OCCCCC. The van der Waals surface area contributed by atoms with Gasteiger partial charge in [0.2, 0.25) is 0 Å². The van der Waals surface area contributed by atoms with Crippen LogP contribution in [0.15, 0.2) is 0 Å².